The average molecular weight is 689 g/mol. The SMILES string of the molecule is c1ccc(-c2nc3ccccc3c3c2ccc2c4ccccc4n(-c4ccc(-c5ccc(-c6nc7ccccc7n6-c6ccccc6)cc5)cc4)c23)cc1. The van der Waals surface area contributed by atoms with Crippen molar-refractivity contribution in [2.45, 2.75) is 0 Å². The van der Waals surface area contributed by atoms with E-state index in [0.717, 1.165) is 72.5 Å². The number of para-hydroxylation sites is 5. The van der Waals surface area contributed by atoms with Gasteiger partial charge in [0, 0.05) is 49.4 Å². The minimum absolute atomic E-state index is 0.932. The largest absolute Gasteiger partial charge is 0.309 e. The van der Waals surface area contributed by atoms with E-state index in [4.69, 9.17) is 9.97 Å². The van der Waals surface area contributed by atoms with Crippen LogP contribution in [0.1, 0.15) is 0 Å². The Balaban J connectivity index is 1.05. The molecular weight excluding hydrogens is 657 g/mol. The first kappa shape index (κ1) is 30.3. The topological polar surface area (TPSA) is 35.6 Å². The van der Waals surface area contributed by atoms with Gasteiger partial charge in [-0.15, -0.1) is 0 Å². The van der Waals surface area contributed by atoms with Gasteiger partial charge in [0.25, 0.3) is 0 Å². The molecule has 0 unspecified atom stereocenters. The van der Waals surface area contributed by atoms with Crippen LogP contribution in [-0.4, -0.2) is 19.1 Å². The molecule has 0 aliphatic rings. The highest BCUT2D eigenvalue weighted by atomic mass is 15.1. The van der Waals surface area contributed by atoms with Crippen LogP contribution in [-0.2, 0) is 0 Å². The van der Waals surface area contributed by atoms with Crippen LogP contribution in [0, 0.1) is 0 Å². The van der Waals surface area contributed by atoms with Gasteiger partial charge in [0.05, 0.1) is 33.3 Å². The Hall–Kier alpha value is -7.30. The Labute approximate surface area is 311 Å². The molecule has 8 aromatic carbocycles. The van der Waals surface area contributed by atoms with Crippen LogP contribution < -0.4 is 0 Å². The average Bonchev–Trinajstić information content (AvgIpc) is 3.81. The second-order valence-corrected chi connectivity index (χ2v) is 13.8. The van der Waals surface area contributed by atoms with E-state index in [1.165, 1.54) is 27.2 Å². The molecule has 0 atom stereocenters. The third kappa shape index (κ3) is 4.70. The first-order chi connectivity index (χ1) is 26.8. The monoisotopic (exact) mass is 688 g/mol. The van der Waals surface area contributed by atoms with Gasteiger partial charge in [-0.2, -0.15) is 0 Å². The molecule has 0 N–H and O–H groups in total. The predicted octanol–water partition coefficient (Wildman–Crippen LogP) is 12.8. The minimum Gasteiger partial charge on any atom is -0.309 e. The van der Waals surface area contributed by atoms with Crippen molar-refractivity contribution < 1.29 is 0 Å². The predicted molar refractivity (Wildman–Crippen MR) is 225 cm³/mol. The molecule has 0 bridgehead atoms. The van der Waals surface area contributed by atoms with E-state index in [1.54, 1.807) is 0 Å². The Morgan fingerprint density at radius 3 is 1.63 bits per heavy atom. The summed E-state index contributed by atoms with van der Waals surface area (Å²) in [7, 11) is 0. The van der Waals surface area contributed by atoms with Gasteiger partial charge in [-0.05, 0) is 59.7 Å². The standard InChI is InChI=1S/C50H32N4/c1-3-13-35(14-4-1)48-42-32-31-40-39-17-8-11-21-45(39)53(49(40)47(42)41-18-7-9-19-43(41)51-48)38-29-27-34(28-30-38)33-23-25-36(26-24-33)50-52-44-20-10-12-22-46(44)54(50)37-15-5-2-6-16-37/h1-32H. The van der Waals surface area contributed by atoms with Gasteiger partial charge in [0.1, 0.15) is 5.82 Å². The number of fused-ring (bicyclic) bond motifs is 8. The number of aromatic nitrogens is 4. The van der Waals surface area contributed by atoms with Crippen molar-refractivity contribution in [2.75, 3.05) is 0 Å². The van der Waals surface area contributed by atoms with E-state index in [2.05, 4.69) is 191 Å². The first-order valence-electron chi connectivity index (χ1n) is 18.3. The maximum Gasteiger partial charge on any atom is 0.145 e. The van der Waals surface area contributed by atoms with E-state index < -0.39 is 0 Å². The molecule has 0 aliphatic carbocycles. The quantitative estimate of drug-likeness (QED) is 0.169. The molecule has 11 rings (SSSR count). The maximum atomic E-state index is 5.22. The summed E-state index contributed by atoms with van der Waals surface area (Å²) in [6, 6.07) is 68.9. The third-order valence-corrected chi connectivity index (χ3v) is 10.7. The Kier molecular flexibility index (Phi) is 6.82. The highest BCUT2D eigenvalue weighted by Gasteiger charge is 2.20. The van der Waals surface area contributed by atoms with Crippen molar-refractivity contribution in [3.05, 3.63) is 194 Å². The zero-order valence-corrected chi connectivity index (χ0v) is 29.3. The summed E-state index contributed by atoms with van der Waals surface area (Å²) in [5, 5.41) is 5.98. The molecule has 252 valence electrons. The lowest BCUT2D eigenvalue weighted by Gasteiger charge is -2.15. The summed E-state index contributed by atoms with van der Waals surface area (Å²) in [6.07, 6.45) is 0. The van der Waals surface area contributed by atoms with Gasteiger partial charge in [0.15, 0.2) is 0 Å². The van der Waals surface area contributed by atoms with Gasteiger partial charge in [-0.1, -0.05) is 146 Å². The zero-order chi connectivity index (χ0) is 35.6. The fourth-order valence-electron chi connectivity index (χ4n) is 8.25. The van der Waals surface area contributed by atoms with Crippen molar-refractivity contribution in [2.24, 2.45) is 0 Å². The maximum absolute atomic E-state index is 5.22. The summed E-state index contributed by atoms with van der Waals surface area (Å²) >= 11 is 0. The number of pyridine rings is 1. The number of nitrogens with zero attached hydrogens (tertiary/aromatic N) is 4. The van der Waals surface area contributed by atoms with Crippen LogP contribution in [0.15, 0.2) is 194 Å². The van der Waals surface area contributed by atoms with Crippen LogP contribution in [0.4, 0.5) is 0 Å². The van der Waals surface area contributed by atoms with Gasteiger partial charge in [-0.25, -0.2) is 9.97 Å². The van der Waals surface area contributed by atoms with Crippen LogP contribution in [0.2, 0.25) is 0 Å². The Bertz CT molecular complexity index is 3170. The van der Waals surface area contributed by atoms with E-state index in [1.807, 2.05) is 12.1 Å². The van der Waals surface area contributed by atoms with E-state index in [0.29, 0.717) is 0 Å². The fraction of sp³-hybridized carbons (Fsp3) is 0. The highest BCUT2D eigenvalue weighted by molar-refractivity contribution is 6.26. The minimum atomic E-state index is 0.932. The van der Waals surface area contributed by atoms with Crippen molar-refractivity contribution >= 4 is 54.5 Å². The molecule has 0 amide bonds. The van der Waals surface area contributed by atoms with E-state index in [9.17, 15) is 0 Å². The molecule has 3 aromatic heterocycles. The van der Waals surface area contributed by atoms with Crippen molar-refractivity contribution in [3.8, 4) is 45.1 Å². The molecule has 0 fully saturated rings. The van der Waals surface area contributed by atoms with Crippen LogP contribution >= 0.6 is 0 Å². The summed E-state index contributed by atoms with van der Waals surface area (Å²) in [5.41, 5.74) is 13.2. The molecule has 0 spiro atoms. The molecule has 0 saturated heterocycles. The zero-order valence-electron chi connectivity index (χ0n) is 29.3. The number of benzene rings is 8. The molecule has 4 heteroatoms. The number of imidazole rings is 1. The van der Waals surface area contributed by atoms with Gasteiger partial charge >= 0.3 is 0 Å². The van der Waals surface area contributed by atoms with Crippen LogP contribution in [0.3, 0.4) is 0 Å². The van der Waals surface area contributed by atoms with Crippen LogP contribution in [0.5, 0.6) is 0 Å². The highest BCUT2D eigenvalue weighted by Crippen LogP contribution is 2.42. The van der Waals surface area contributed by atoms with Gasteiger partial charge in [0.2, 0.25) is 0 Å². The van der Waals surface area contributed by atoms with E-state index >= 15 is 0 Å². The second-order valence-electron chi connectivity index (χ2n) is 13.8. The summed E-state index contributed by atoms with van der Waals surface area (Å²) < 4.78 is 4.69. The normalized spacial score (nSPS) is 11.7. The molecule has 3 heterocycles. The summed E-state index contributed by atoms with van der Waals surface area (Å²) in [5.74, 6) is 0.932. The van der Waals surface area contributed by atoms with Gasteiger partial charge in [-0.3, -0.25) is 4.57 Å². The molecular formula is C50H32N4. The first-order valence-corrected chi connectivity index (χ1v) is 18.3. The molecule has 11 aromatic rings. The number of hydrogen-bond acceptors (Lipinski definition) is 2. The van der Waals surface area contributed by atoms with E-state index in [-0.39, 0.29) is 0 Å². The summed E-state index contributed by atoms with van der Waals surface area (Å²) in [6.45, 7) is 0. The Morgan fingerprint density at radius 2 is 0.870 bits per heavy atom. The fourth-order valence-corrected chi connectivity index (χ4v) is 8.25. The lowest BCUT2D eigenvalue weighted by molar-refractivity contribution is 1.10. The lowest BCUT2D eigenvalue weighted by Crippen LogP contribution is -1.97. The smallest absolute Gasteiger partial charge is 0.145 e. The van der Waals surface area contributed by atoms with Crippen molar-refractivity contribution in [1.82, 2.24) is 19.1 Å². The van der Waals surface area contributed by atoms with Crippen LogP contribution in [0.25, 0.3) is 99.7 Å². The van der Waals surface area contributed by atoms with Crippen molar-refractivity contribution in [3.63, 3.8) is 0 Å². The Morgan fingerprint density at radius 1 is 0.315 bits per heavy atom. The number of rotatable bonds is 5. The second kappa shape index (κ2) is 12.1. The summed E-state index contributed by atoms with van der Waals surface area (Å²) in [4.78, 5) is 10.3. The molecule has 54 heavy (non-hydrogen) atoms. The molecule has 0 radical (unpaired) electrons. The van der Waals surface area contributed by atoms with Crippen molar-refractivity contribution in [1.29, 1.82) is 0 Å². The molecule has 0 aliphatic heterocycles. The lowest BCUT2D eigenvalue weighted by atomic mass is 9.97. The molecule has 4 nitrogen and oxygen atoms in total. The third-order valence-electron chi connectivity index (χ3n) is 10.7. The van der Waals surface area contributed by atoms with Gasteiger partial charge < -0.3 is 4.57 Å². The number of hydrogen-bond donors (Lipinski definition) is 0. The molecule has 0 saturated carbocycles.